The molecule has 1 heterocycles. The molecule has 1 aliphatic heterocycles. The summed E-state index contributed by atoms with van der Waals surface area (Å²) in [5.41, 5.74) is -0.159. The molecule has 1 unspecified atom stereocenters. The molecule has 0 spiro atoms. The van der Waals surface area contributed by atoms with Gasteiger partial charge in [-0.25, -0.2) is 0 Å². The number of alkyl halides is 3. The van der Waals surface area contributed by atoms with Crippen LogP contribution in [0, 0.1) is 0 Å². The minimum atomic E-state index is -4.27. The molecule has 0 bridgehead atoms. The zero-order valence-electron chi connectivity index (χ0n) is 9.35. The lowest BCUT2D eigenvalue weighted by Crippen LogP contribution is -2.49. The second-order valence-corrected chi connectivity index (χ2v) is 4.21. The van der Waals surface area contributed by atoms with Crippen molar-refractivity contribution in [2.75, 3.05) is 19.6 Å². The van der Waals surface area contributed by atoms with Crippen molar-refractivity contribution in [2.45, 2.75) is 18.6 Å². The minimum Gasteiger partial charge on any atom is -0.314 e. The largest absolute Gasteiger partial charge is 0.416 e. The molecular formula is C12H15F3N2. The van der Waals surface area contributed by atoms with E-state index in [0.29, 0.717) is 18.5 Å². The first-order valence-electron chi connectivity index (χ1n) is 5.66. The molecule has 1 aromatic rings. The maximum absolute atomic E-state index is 12.8. The van der Waals surface area contributed by atoms with Gasteiger partial charge >= 0.3 is 6.18 Å². The highest BCUT2D eigenvalue weighted by Gasteiger charge is 2.33. The summed E-state index contributed by atoms with van der Waals surface area (Å²) in [6.45, 7) is 2.39. The Hall–Kier alpha value is -1.07. The van der Waals surface area contributed by atoms with Crippen molar-refractivity contribution < 1.29 is 13.2 Å². The summed E-state index contributed by atoms with van der Waals surface area (Å²) in [6, 6.07) is 5.86. The minimum absolute atomic E-state index is 0.0762. The second kappa shape index (κ2) is 5.06. The Morgan fingerprint density at radius 2 is 1.94 bits per heavy atom. The van der Waals surface area contributed by atoms with Gasteiger partial charge in [0, 0.05) is 25.7 Å². The van der Waals surface area contributed by atoms with Crippen LogP contribution in [0.5, 0.6) is 0 Å². The van der Waals surface area contributed by atoms with Crippen LogP contribution in [0.15, 0.2) is 24.3 Å². The molecule has 94 valence electrons. The van der Waals surface area contributed by atoms with Crippen LogP contribution in [0.2, 0.25) is 0 Å². The third-order valence-electron chi connectivity index (χ3n) is 2.91. The van der Waals surface area contributed by atoms with Crippen molar-refractivity contribution in [3.05, 3.63) is 35.4 Å². The maximum atomic E-state index is 12.8. The predicted molar refractivity (Wildman–Crippen MR) is 59.8 cm³/mol. The fraction of sp³-hybridized carbons (Fsp3) is 0.500. The van der Waals surface area contributed by atoms with E-state index in [0.717, 1.165) is 19.2 Å². The molecular weight excluding hydrogens is 229 g/mol. The van der Waals surface area contributed by atoms with Gasteiger partial charge in [-0.3, -0.25) is 0 Å². The van der Waals surface area contributed by atoms with Gasteiger partial charge in [-0.1, -0.05) is 18.2 Å². The first kappa shape index (κ1) is 12.4. The Labute approximate surface area is 98.2 Å². The summed E-state index contributed by atoms with van der Waals surface area (Å²) < 4.78 is 38.3. The van der Waals surface area contributed by atoms with Crippen molar-refractivity contribution in [1.82, 2.24) is 10.6 Å². The van der Waals surface area contributed by atoms with E-state index in [1.165, 1.54) is 6.07 Å². The number of hydrogen-bond donors (Lipinski definition) is 2. The average Bonchev–Trinajstić information content (AvgIpc) is 2.30. The first-order chi connectivity index (χ1) is 8.07. The highest BCUT2D eigenvalue weighted by molar-refractivity contribution is 5.30. The number of hydrogen-bond acceptors (Lipinski definition) is 2. The van der Waals surface area contributed by atoms with Gasteiger partial charge in [0.15, 0.2) is 0 Å². The topological polar surface area (TPSA) is 24.1 Å². The van der Waals surface area contributed by atoms with Crippen molar-refractivity contribution in [1.29, 1.82) is 0 Å². The molecule has 0 saturated carbocycles. The predicted octanol–water partition coefficient (Wildman–Crippen LogP) is 1.81. The van der Waals surface area contributed by atoms with Crippen LogP contribution in [0.1, 0.15) is 11.1 Å². The van der Waals surface area contributed by atoms with Crippen LogP contribution in [0.4, 0.5) is 13.2 Å². The highest BCUT2D eigenvalue weighted by Crippen LogP contribution is 2.32. The molecule has 2 N–H and O–H groups in total. The summed E-state index contributed by atoms with van der Waals surface area (Å²) in [4.78, 5) is 0. The van der Waals surface area contributed by atoms with Gasteiger partial charge in [-0.05, 0) is 18.1 Å². The van der Waals surface area contributed by atoms with Crippen LogP contribution >= 0.6 is 0 Å². The van der Waals surface area contributed by atoms with Crippen LogP contribution in [0.3, 0.4) is 0 Å². The van der Waals surface area contributed by atoms with E-state index >= 15 is 0 Å². The molecule has 17 heavy (non-hydrogen) atoms. The number of nitrogens with one attached hydrogen (secondary N) is 2. The number of piperazine rings is 1. The first-order valence-corrected chi connectivity index (χ1v) is 5.66. The van der Waals surface area contributed by atoms with Crippen LogP contribution in [-0.2, 0) is 12.6 Å². The Kier molecular flexibility index (Phi) is 3.69. The highest BCUT2D eigenvalue weighted by atomic mass is 19.4. The molecule has 0 aliphatic carbocycles. The summed E-state index contributed by atoms with van der Waals surface area (Å²) in [5.74, 6) is 0. The molecule has 1 saturated heterocycles. The third-order valence-corrected chi connectivity index (χ3v) is 2.91. The molecule has 0 radical (unpaired) electrons. The molecule has 2 rings (SSSR count). The van der Waals surface area contributed by atoms with Crippen LogP contribution in [-0.4, -0.2) is 25.7 Å². The normalized spacial score (nSPS) is 21.5. The summed E-state index contributed by atoms with van der Waals surface area (Å²) in [7, 11) is 0. The van der Waals surface area contributed by atoms with E-state index in [1.807, 2.05) is 0 Å². The third kappa shape index (κ3) is 3.20. The van der Waals surface area contributed by atoms with E-state index in [-0.39, 0.29) is 6.04 Å². The van der Waals surface area contributed by atoms with Crippen molar-refractivity contribution in [3.63, 3.8) is 0 Å². The zero-order valence-corrected chi connectivity index (χ0v) is 9.35. The Balaban J connectivity index is 2.14. The Bertz CT molecular complexity index is 370. The molecule has 1 aliphatic rings. The number of rotatable bonds is 2. The van der Waals surface area contributed by atoms with E-state index in [1.54, 1.807) is 12.1 Å². The van der Waals surface area contributed by atoms with E-state index in [2.05, 4.69) is 10.6 Å². The van der Waals surface area contributed by atoms with E-state index in [9.17, 15) is 13.2 Å². The summed E-state index contributed by atoms with van der Waals surface area (Å²) >= 11 is 0. The van der Waals surface area contributed by atoms with E-state index in [4.69, 9.17) is 0 Å². The number of halogens is 3. The lowest BCUT2D eigenvalue weighted by Gasteiger charge is -2.25. The van der Waals surface area contributed by atoms with Gasteiger partial charge in [0.2, 0.25) is 0 Å². The van der Waals surface area contributed by atoms with E-state index < -0.39 is 11.7 Å². The molecule has 0 aromatic heterocycles. The molecule has 1 fully saturated rings. The second-order valence-electron chi connectivity index (χ2n) is 4.21. The summed E-state index contributed by atoms with van der Waals surface area (Å²) in [6.07, 6.45) is -3.86. The van der Waals surface area contributed by atoms with Crippen molar-refractivity contribution >= 4 is 0 Å². The fourth-order valence-corrected chi connectivity index (χ4v) is 2.10. The maximum Gasteiger partial charge on any atom is 0.416 e. The van der Waals surface area contributed by atoms with Crippen molar-refractivity contribution in [3.8, 4) is 0 Å². The standard InChI is InChI=1S/C12H15F3N2/c13-12(14,15)11-4-2-1-3-9(11)7-10-8-16-5-6-17-10/h1-4,10,16-17H,5-8H2. The van der Waals surface area contributed by atoms with Gasteiger partial charge in [0.05, 0.1) is 5.56 Å². The molecule has 5 heteroatoms. The zero-order chi connectivity index (χ0) is 12.3. The summed E-state index contributed by atoms with van der Waals surface area (Å²) in [5, 5.41) is 6.39. The smallest absolute Gasteiger partial charge is 0.314 e. The fourth-order valence-electron chi connectivity index (χ4n) is 2.10. The lowest BCUT2D eigenvalue weighted by molar-refractivity contribution is -0.138. The average molecular weight is 244 g/mol. The monoisotopic (exact) mass is 244 g/mol. The molecule has 1 aromatic carbocycles. The van der Waals surface area contributed by atoms with Gasteiger partial charge in [0.25, 0.3) is 0 Å². The van der Waals surface area contributed by atoms with Crippen LogP contribution < -0.4 is 10.6 Å². The van der Waals surface area contributed by atoms with Crippen molar-refractivity contribution in [2.24, 2.45) is 0 Å². The van der Waals surface area contributed by atoms with Gasteiger partial charge in [0.1, 0.15) is 0 Å². The molecule has 1 atom stereocenters. The molecule has 0 amide bonds. The number of benzene rings is 1. The Morgan fingerprint density at radius 3 is 2.59 bits per heavy atom. The quantitative estimate of drug-likeness (QED) is 0.829. The van der Waals surface area contributed by atoms with Gasteiger partial charge in [-0.15, -0.1) is 0 Å². The SMILES string of the molecule is FC(F)(F)c1ccccc1CC1CNCCN1. The van der Waals surface area contributed by atoms with Crippen LogP contribution in [0.25, 0.3) is 0 Å². The lowest BCUT2D eigenvalue weighted by atomic mass is 9.99. The van der Waals surface area contributed by atoms with Gasteiger partial charge < -0.3 is 10.6 Å². The van der Waals surface area contributed by atoms with Gasteiger partial charge in [-0.2, -0.15) is 13.2 Å². The molecule has 2 nitrogen and oxygen atoms in total. The Morgan fingerprint density at radius 1 is 1.18 bits per heavy atom.